The monoisotopic (exact) mass is 327 g/mol. The number of hydrogen-bond donors (Lipinski definition) is 0. The van der Waals surface area contributed by atoms with E-state index in [0.717, 1.165) is 0 Å². The molecule has 0 N–H and O–H groups in total. The first kappa shape index (κ1) is 17.7. The fourth-order valence-corrected chi connectivity index (χ4v) is 2.73. The molecule has 3 atom stereocenters. The van der Waals surface area contributed by atoms with E-state index in [-0.39, 0.29) is 24.8 Å². The molecule has 130 valence electrons. The van der Waals surface area contributed by atoms with Gasteiger partial charge in [-0.05, 0) is 33.8 Å². The zero-order valence-electron chi connectivity index (χ0n) is 14.3. The Kier molecular flexibility index (Phi) is 5.31. The first-order valence-electron chi connectivity index (χ1n) is 7.78. The van der Waals surface area contributed by atoms with E-state index in [0.29, 0.717) is 18.6 Å². The minimum atomic E-state index is -0.566. The van der Waals surface area contributed by atoms with Crippen molar-refractivity contribution in [3.05, 3.63) is 11.6 Å². The number of methoxy groups -OCH3 is 1. The maximum absolute atomic E-state index is 12.3. The average molecular weight is 327 g/mol. The van der Waals surface area contributed by atoms with E-state index in [9.17, 15) is 9.59 Å². The number of ether oxygens (including phenoxy) is 4. The SMILES string of the molecule is CCOC(=O)C1=C[C@@H](OCOC)[C@H]2C(C1)N2C(=O)OC(C)(C)C. The highest BCUT2D eigenvalue weighted by atomic mass is 16.7. The zero-order chi connectivity index (χ0) is 17.2. The van der Waals surface area contributed by atoms with Crippen molar-refractivity contribution in [2.24, 2.45) is 0 Å². The van der Waals surface area contributed by atoms with Gasteiger partial charge in [0.15, 0.2) is 0 Å². The van der Waals surface area contributed by atoms with E-state index in [4.69, 9.17) is 18.9 Å². The molecule has 0 saturated carbocycles. The number of hydrogen-bond acceptors (Lipinski definition) is 6. The van der Waals surface area contributed by atoms with Crippen LogP contribution in [0.25, 0.3) is 0 Å². The Labute approximate surface area is 136 Å². The smallest absolute Gasteiger partial charge is 0.411 e. The summed E-state index contributed by atoms with van der Waals surface area (Å²) in [7, 11) is 1.52. The van der Waals surface area contributed by atoms with Crippen LogP contribution in [0, 0.1) is 0 Å². The predicted octanol–water partition coefficient (Wildman–Crippen LogP) is 1.86. The van der Waals surface area contributed by atoms with Gasteiger partial charge >= 0.3 is 12.1 Å². The molecule has 0 aromatic rings. The molecule has 23 heavy (non-hydrogen) atoms. The molecule has 1 fully saturated rings. The number of carbonyl (C=O) groups excluding carboxylic acids is 2. The van der Waals surface area contributed by atoms with E-state index in [2.05, 4.69) is 0 Å². The van der Waals surface area contributed by atoms with E-state index in [1.165, 1.54) is 7.11 Å². The van der Waals surface area contributed by atoms with Crippen molar-refractivity contribution in [3.63, 3.8) is 0 Å². The maximum atomic E-state index is 12.3. The molecular weight excluding hydrogens is 302 g/mol. The minimum absolute atomic E-state index is 0.0860. The van der Waals surface area contributed by atoms with Crippen molar-refractivity contribution in [1.82, 2.24) is 4.90 Å². The van der Waals surface area contributed by atoms with Crippen LogP contribution in [0.1, 0.15) is 34.1 Å². The van der Waals surface area contributed by atoms with Crippen LogP contribution in [-0.2, 0) is 23.7 Å². The largest absolute Gasteiger partial charge is 0.463 e. The number of esters is 1. The minimum Gasteiger partial charge on any atom is -0.463 e. The molecule has 0 spiro atoms. The van der Waals surface area contributed by atoms with Gasteiger partial charge in [0, 0.05) is 19.1 Å². The van der Waals surface area contributed by atoms with Crippen molar-refractivity contribution in [1.29, 1.82) is 0 Å². The van der Waals surface area contributed by atoms with Gasteiger partial charge in [0.2, 0.25) is 0 Å². The van der Waals surface area contributed by atoms with Crippen molar-refractivity contribution in [2.45, 2.75) is 57.9 Å². The summed E-state index contributed by atoms with van der Waals surface area (Å²) in [6, 6.07) is -0.228. The van der Waals surface area contributed by atoms with Gasteiger partial charge in [0.05, 0.1) is 18.7 Å². The summed E-state index contributed by atoms with van der Waals surface area (Å²) in [5, 5.41) is 0. The Morgan fingerprint density at radius 2 is 2.04 bits per heavy atom. The summed E-state index contributed by atoms with van der Waals surface area (Å²) >= 11 is 0. The molecule has 1 saturated heterocycles. The summed E-state index contributed by atoms with van der Waals surface area (Å²) in [4.78, 5) is 25.9. The van der Waals surface area contributed by atoms with Crippen LogP contribution in [0.5, 0.6) is 0 Å². The van der Waals surface area contributed by atoms with Gasteiger partial charge in [0.1, 0.15) is 18.5 Å². The second kappa shape index (κ2) is 6.88. The molecular formula is C16H25NO6. The van der Waals surface area contributed by atoms with Gasteiger partial charge in [-0.25, -0.2) is 9.59 Å². The van der Waals surface area contributed by atoms with Crippen LogP contribution in [0.2, 0.25) is 0 Å². The summed E-state index contributed by atoms with van der Waals surface area (Å²) in [6.45, 7) is 7.61. The fraction of sp³-hybridized carbons (Fsp3) is 0.750. The predicted molar refractivity (Wildman–Crippen MR) is 81.7 cm³/mol. The number of rotatable bonds is 5. The molecule has 1 amide bonds. The summed E-state index contributed by atoms with van der Waals surface area (Å²) < 4.78 is 21.0. The Hall–Kier alpha value is -1.60. The van der Waals surface area contributed by atoms with Crippen LogP contribution in [0.3, 0.4) is 0 Å². The molecule has 0 aromatic carbocycles. The molecule has 0 aromatic heterocycles. The molecule has 2 rings (SSSR count). The zero-order valence-corrected chi connectivity index (χ0v) is 14.3. The maximum Gasteiger partial charge on any atom is 0.411 e. The molecule has 7 heteroatoms. The molecule has 0 bridgehead atoms. The lowest BCUT2D eigenvalue weighted by molar-refractivity contribution is -0.139. The standard InChI is InChI=1S/C16H25NO6/c1-6-21-14(18)10-7-11-13(12(8-10)22-9-20-5)17(11)15(19)23-16(2,3)4/h8,11-13H,6-7,9H2,1-5H3/t11?,12-,13-,17?/m1/s1. The molecule has 7 nitrogen and oxygen atoms in total. The van der Waals surface area contributed by atoms with E-state index in [1.807, 2.05) is 20.8 Å². The number of carbonyl (C=O) groups is 2. The Morgan fingerprint density at radius 1 is 1.35 bits per heavy atom. The average Bonchev–Trinajstić information content (AvgIpc) is 3.17. The molecule has 0 radical (unpaired) electrons. The molecule has 1 aliphatic heterocycles. The molecule has 1 aliphatic carbocycles. The lowest BCUT2D eigenvalue weighted by atomic mass is 9.97. The molecule has 1 heterocycles. The normalized spacial score (nSPS) is 26.2. The van der Waals surface area contributed by atoms with Crippen LogP contribution >= 0.6 is 0 Å². The third kappa shape index (κ3) is 4.23. The van der Waals surface area contributed by atoms with Gasteiger partial charge < -0.3 is 18.9 Å². The second-order valence-corrected chi connectivity index (χ2v) is 6.60. The third-order valence-corrected chi connectivity index (χ3v) is 3.63. The molecule has 2 aliphatic rings. The van der Waals surface area contributed by atoms with E-state index >= 15 is 0 Å². The van der Waals surface area contributed by atoms with Crippen molar-refractivity contribution >= 4 is 12.1 Å². The van der Waals surface area contributed by atoms with Crippen LogP contribution in [-0.4, -0.2) is 61.3 Å². The van der Waals surface area contributed by atoms with Crippen LogP contribution in [0.4, 0.5) is 4.79 Å². The summed E-state index contributed by atoms with van der Waals surface area (Å²) in [6.07, 6.45) is 1.38. The van der Waals surface area contributed by atoms with Gasteiger partial charge in [-0.2, -0.15) is 0 Å². The lowest BCUT2D eigenvalue weighted by Gasteiger charge is -2.20. The Balaban J connectivity index is 2.08. The lowest BCUT2D eigenvalue weighted by Crippen LogP contribution is -2.31. The molecule has 1 unspecified atom stereocenters. The van der Waals surface area contributed by atoms with E-state index in [1.54, 1.807) is 17.9 Å². The quantitative estimate of drug-likeness (QED) is 0.436. The Bertz CT molecular complexity index is 495. The summed E-state index contributed by atoms with van der Waals surface area (Å²) in [5.74, 6) is -0.368. The number of nitrogens with zero attached hydrogens (tertiary/aromatic N) is 1. The van der Waals surface area contributed by atoms with Crippen LogP contribution < -0.4 is 0 Å². The first-order chi connectivity index (χ1) is 10.8. The Morgan fingerprint density at radius 3 is 2.61 bits per heavy atom. The van der Waals surface area contributed by atoms with Crippen LogP contribution in [0.15, 0.2) is 11.6 Å². The fourth-order valence-electron chi connectivity index (χ4n) is 2.73. The highest BCUT2D eigenvalue weighted by molar-refractivity contribution is 5.89. The topological polar surface area (TPSA) is 74.1 Å². The van der Waals surface area contributed by atoms with Gasteiger partial charge in [-0.15, -0.1) is 0 Å². The van der Waals surface area contributed by atoms with Crippen molar-refractivity contribution < 1.29 is 28.5 Å². The highest BCUT2D eigenvalue weighted by Gasteiger charge is 2.59. The number of fused-ring (bicyclic) bond motifs is 1. The number of amides is 1. The second-order valence-electron chi connectivity index (χ2n) is 6.60. The highest BCUT2D eigenvalue weighted by Crippen LogP contribution is 2.42. The third-order valence-electron chi connectivity index (χ3n) is 3.63. The van der Waals surface area contributed by atoms with E-state index < -0.39 is 17.8 Å². The van der Waals surface area contributed by atoms with Gasteiger partial charge in [0.25, 0.3) is 0 Å². The van der Waals surface area contributed by atoms with Gasteiger partial charge in [-0.3, -0.25) is 4.90 Å². The first-order valence-corrected chi connectivity index (χ1v) is 7.78. The van der Waals surface area contributed by atoms with Gasteiger partial charge in [-0.1, -0.05) is 0 Å². The van der Waals surface area contributed by atoms with Crippen molar-refractivity contribution in [2.75, 3.05) is 20.5 Å². The summed E-state index contributed by atoms with van der Waals surface area (Å²) in [5.41, 5.74) is -0.0383. The van der Waals surface area contributed by atoms with Crippen molar-refractivity contribution in [3.8, 4) is 0 Å².